The second-order valence-corrected chi connectivity index (χ2v) is 5.80. The van der Waals surface area contributed by atoms with Crippen LogP contribution in [0.4, 0.5) is 5.95 Å². The number of hydrogen-bond acceptors (Lipinski definition) is 4. The van der Waals surface area contributed by atoms with E-state index in [1.807, 2.05) is 60.9 Å². The molecule has 0 aromatic carbocycles. The van der Waals surface area contributed by atoms with E-state index in [4.69, 9.17) is 0 Å². The Bertz CT molecular complexity index is 387. The predicted octanol–water partition coefficient (Wildman–Crippen LogP) is 4.83. The molecule has 0 atom stereocenters. The Balaban J connectivity index is 0.000000798. The molecule has 2 aliphatic heterocycles. The Morgan fingerprint density at radius 2 is 1.29 bits per heavy atom. The van der Waals surface area contributed by atoms with Crippen LogP contribution in [0.5, 0.6) is 0 Å². The molecule has 0 bridgehead atoms. The molecule has 1 spiro atoms. The Morgan fingerprint density at radius 3 is 1.75 bits per heavy atom. The maximum absolute atomic E-state index is 4.44. The Morgan fingerprint density at radius 1 is 0.833 bits per heavy atom. The van der Waals surface area contributed by atoms with Gasteiger partial charge in [-0.1, -0.05) is 41.5 Å². The van der Waals surface area contributed by atoms with Gasteiger partial charge in [-0.05, 0) is 56.7 Å². The van der Waals surface area contributed by atoms with Crippen molar-refractivity contribution in [2.24, 2.45) is 5.41 Å². The summed E-state index contributed by atoms with van der Waals surface area (Å²) in [7, 11) is 0. The van der Waals surface area contributed by atoms with Gasteiger partial charge in [-0.2, -0.15) is 0 Å². The summed E-state index contributed by atoms with van der Waals surface area (Å²) < 4.78 is 0. The molecule has 1 N–H and O–H groups in total. The van der Waals surface area contributed by atoms with E-state index in [0.717, 1.165) is 24.6 Å². The van der Waals surface area contributed by atoms with Crippen LogP contribution in [0.15, 0.2) is 12.4 Å². The van der Waals surface area contributed by atoms with Crippen molar-refractivity contribution in [2.45, 2.75) is 74.1 Å². The Labute approximate surface area is 150 Å². The van der Waals surface area contributed by atoms with Gasteiger partial charge in [0.05, 0.1) is 0 Å². The molecule has 3 rings (SSSR count). The number of nitrogens with zero attached hydrogens (tertiary/aromatic N) is 3. The molecule has 0 saturated carbocycles. The summed E-state index contributed by atoms with van der Waals surface area (Å²) in [6.45, 7) is 18.7. The van der Waals surface area contributed by atoms with Gasteiger partial charge >= 0.3 is 0 Å². The maximum atomic E-state index is 4.44. The van der Waals surface area contributed by atoms with Gasteiger partial charge in [0.25, 0.3) is 0 Å². The lowest BCUT2D eigenvalue weighted by molar-refractivity contribution is 0.154. The van der Waals surface area contributed by atoms with Crippen molar-refractivity contribution in [2.75, 3.05) is 31.1 Å². The summed E-state index contributed by atoms with van der Waals surface area (Å²) in [5, 5.41) is 3.47. The van der Waals surface area contributed by atoms with Crippen LogP contribution in [-0.4, -0.2) is 36.1 Å². The minimum Gasteiger partial charge on any atom is -0.341 e. The SMILES string of the molecule is CC.CC.CC.Cc1cnc(N2CCC3(CCNCC3)CC2)nc1. The third-order valence-corrected chi connectivity index (χ3v) is 4.54. The summed E-state index contributed by atoms with van der Waals surface area (Å²) in [5.74, 6) is 0.907. The second kappa shape index (κ2) is 13.2. The van der Waals surface area contributed by atoms with Gasteiger partial charge in [0.1, 0.15) is 0 Å². The van der Waals surface area contributed by atoms with Crippen molar-refractivity contribution < 1.29 is 0 Å². The maximum Gasteiger partial charge on any atom is 0.225 e. The van der Waals surface area contributed by atoms with E-state index in [2.05, 4.69) is 20.2 Å². The second-order valence-electron chi connectivity index (χ2n) is 5.80. The predicted molar refractivity (Wildman–Crippen MR) is 107 cm³/mol. The van der Waals surface area contributed by atoms with Crippen molar-refractivity contribution in [1.82, 2.24) is 15.3 Å². The van der Waals surface area contributed by atoms with Gasteiger partial charge in [0, 0.05) is 25.5 Å². The molecule has 0 amide bonds. The number of hydrogen-bond donors (Lipinski definition) is 1. The number of nitrogens with one attached hydrogen (secondary N) is 1. The molecule has 4 nitrogen and oxygen atoms in total. The van der Waals surface area contributed by atoms with E-state index in [9.17, 15) is 0 Å². The fourth-order valence-corrected chi connectivity index (χ4v) is 3.19. The first kappa shape index (κ1) is 22.8. The average Bonchev–Trinajstić information content (AvgIpc) is 2.69. The highest BCUT2D eigenvalue weighted by Crippen LogP contribution is 2.39. The van der Waals surface area contributed by atoms with Crippen molar-refractivity contribution in [1.29, 1.82) is 0 Å². The number of anilines is 1. The fraction of sp³-hybridized carbons (Fsp3) is 0.800. The Hall–Kier alpha value is -1.16. The minimum atomic E-state index is 0.604. The largest absolute Gasteiger partial charge is 0.341 e. The van der Waals surface area contributed by atoms with E-state index in [1.54, 1.807) is 0 Å². The molecule has 24 heavy (non-hydrogen) atoms. The molecule has 2 fully saturated rings. The van der Waals surface area contributed by atoms with E-state index in [-0.39, 0.29) is 0 Å². The van der Waals surface area contributed by atoms with Gasteiger partial charge in [-0.25, -0.2) is 9.97 Å². The average molecular weight is 337 g/mol. The molecular formula is C20H40N4. The lowest BCUT2D eigenvalue weighted by Crippen LogP contribution is -2.46. The van der Waals surface area contributed by atoms with Crippen molar-refractivity contribution in [3.05, 3.63) is 18.0 Å². The van der Waals surface area contributed by atoms with Crippen LogP contribution in [0.25, 0.3) is 0 Å². The van der Waals surface area contributed by atoms with E-state index in [0.29, 0.717) is 5.41 Å². The van der Waals surface area contributed by atoms with Crippen LogP contribution in [-0.2, 0) is 0 Å². The summed E-state index contributed by atoms with van der Waals surface area (Å²) in [5.41, 5.74) is 1.73. The highest BCUT2D eigenvalue weighted by atomic mass is 15.2. The first-order chi connectivity index (χ1) is 11.8. The first-order valence-electron chi connectivity index (χ1n) is 10.0. The van der Waals surface area contributed by atoms with E-state index >= 15 is 0 Å². The van der Waals surface area contributed by atoms with Gasteiger partial charge in [0.2, 0.25) is 5.95 Å². The zero-order chi connectivity index (χ0) is 18.4. The molecule has 1 aromatic heterocycles. The number of aromatic nitrogens is 2. The van der Waals surface area contributed by atoms with Crippen molar-refractivity contribution in [3.63, 3.8) is 0 Å². The summed E-state index contributed by atoms with van der Waals surface area (Å²) in [4.78, 5) is 11.2. The van der Waals surface area contributed by atoms with Crippen LogP contribution >= 0.6 is 0 Å². The highest BCUT2D eigenvalue weighted by molar-refractivity contribution is 5.30. The molecule has 2 aliphatic rings. The lowest BCUT2D eigenvalue weighted by atomic mass is 9.72. The molecule has 2 saturated heterocycles. The fourth-order valence-electron chi connectivity index (χ4n) is 3.19. The molecule has 0 unspecified atom stereocenters. The zero-order valence-corrected chi connectivity index (χ0v) is 17.2. The molecule has 4 heteroatoms. The molecule has 0 radical (unpaired) electrons. The molecule has 3 heterocycles. The monoisotopic (exact) mass is 336 g/mol. The van der Waals surface area contributed by atoms with Crippen LogP contribution in [0.3, 0.4) is 0 Å². The van der Waals surface area contributed by atoms with Crippen LogP contribution in [0.2, 0.25) is 0 Å². The van der Waals surface area contributed by atoms with Crippen molar-refractivity contribution >= 4 is 5.95 Å². The number of aryl methyl sites for hydroxylation is 1. The topological polar surface area (TPSA) is 41.1 Å². The molecular weight excluding hydrogens is 296 g/mol. The normalized spacial score (nSPS) is 18.2. The standard InChI is InChI=1S/C14H22N4.3C2H6/c1-12-10-16-13(17-11-12)18-8-4-14(5-9-18)2-6-15-7-3-14;3*1-2/h10-11,15H,2-9H2,1H3;3*1-2H3. The summed E-state index contributed by atoms with van der Waals surface area (Å²) in [6, 6.07) is 0. The first-order valence-corrected chi connectivity index (χ1v) is 10.0. The van der Waals surface area contributed by atoms with E-state index < -0.39 is 0 Å². The van der Waals surface area contributed by atoms with Crippen LogP contribution in [0, 0.1) is 12.3 Å². The van der Waals surface area contributed by atoms with Gasteiger partial charge < -0.3 is 10.2 Å². The van der Waals surface area contributed by atoms with Crippen LogP contribution < -0.4 is 10.2 Å². The Kier molecular flexibility index (Phi) is 12.5. The minimum absolute atomic E-state index is 0.604. The van der Waals surface area contributed by atoms with Gasteiger partial charge in [0.15, 0.2) is 0 Å². The smallest absolute Gasteiger partial charge is 0.225 e. The van der Waals surface area contributed by atoms with Crippen molar-refractivity contribution in [3.8, 4) is 0 Å². The third kappa shape index (κ3) is 6.76. The summed E-state index contributed by atoms with van der Waals surface area (Å²) >= 11 is 0. The lowest BCUT2D eigenvalue weighted by Gasteiger charge is -2.44. The third-order valence-electron chi connectivity index (χ3n) is 4.54. The molecule has 1 aromatic rings. The van der Waals surface area contributed by atoms with Gasteiger partial charge in [-0.3, -0.25) is 0 Å². The van der Waals surface area contributed by atoms with E-state index in [1.165, 1.54) is 38.8 Å². The molecule has 140 valence electrons. The molecule has 0 aliphatic carbocycles. The summed E-state index contributed by atoms with van der Waals surface area (Å²) in [6.07, 6.45) is 9.11. The van der Waals surface area contributed by atoms with Crippen LogP contribution in [0.1, 0.15) is 72.8 Å². The quantitative estimate of drug-likeness (QED) is 0.797. The van der Waals surface area contributed by atoms with Gasteiger partial charge in [-0.15, -0.1) is 0 Å². The number of rotatable bonds is 1. The zero-order valence-electron chi connectivity index (χ0n) is 17.2. The highest BCUT2D eigenvalue weighted by Gasteiger charge is 2.35. The number of piperidine rings is 2.